The lowest BCUT2D eigenvalue weighted by atomic mass is 9.84. The maximum absolute atomic E-state index is 12.9. The van der Waals surface area contributed by atoms with E-state index in [0.717, 1.165) is 29.2 Å². The van der Waals surface area contributed by atoms with Gasteiger partial charge in [0.2, 0.25) is 17.6 Å². The molecule has 2 saturated heterocycles. The van der Waals surface area contributed by atoms with Crippen LogP contribution in [0, 0.1) is 0 Å². The number of amides is 3. The summed E-state index contributed by atoms with van der Waals surface area (Å²) in [5.74, 6) is -5.35. The van der Waals surface area contributed by atoms with E-state index in [-0.39, 0.29) is 43.4 Å². The summed E-state index contributed by atoms with van der Waals surface area (Å²) in [6, 6.07) is 0.473. The van der Waals surface area contributed by atoms with E-state index in [1.807, 2.05) is 0 Å². The Bertz CT molecular complexity index is 1240. The molecular formula is C21H23F3N8O6. The van der Waals surface area contributed by atoms with Crippen LogP contribution in [0.2, 0.25) is 0 Å². The van der Waals surface area contributed by atoms with Crippen LogP contribution < -0.4 is 26.8 Å². The summed E-state index contributed by atoms with van der Waals surface area (Å²) in [4.78, 5) is 48.1. The van der Waals surface area contributed by atoms with Crippen molar-refractivity contribution in [3.8, 4) is 5.75 Å². The van der Waals surface area contributed by atoms with Crippen LogP contribution in [0.3, 0.4) is 0 Å². The Morgan fingerprint density at radius 3 is 2.39 bits per heavy atom. The predicted octanol–water partition coefficient (Wildman–Crippen LogP) is -2.49. The van der Waals surface area contributed by atoms with Crippen LogP contribution in [0.5, 0.6) is 5.75 Å². The SMILES string of the molecule is NC1=NC2[C@H](CN3C(=O)CCC3=O)N=C(N)N3CC(NC(=O)c4ccc(OC(F)(F)F)cc4)C(O)(O)C23N1. The van der Waals surface area contributed by atoms with Gasteiger partial charge in [-0.15, -0.1) is 13.2 Å². The molecular weight excluding hydrogens is 517 g/mol. The van der Waals surface area contributed by atoms with Gasteiger partial charge in [-0.05, 0) is 24.3 Å². The van der Waals surface area contributed by atoms with Crippen LogP contribution in [-0.2, 0) is 9.59 Å². The third kappa shape index (κ3) is 3.94. The lowest BCUT2D eigenvalue weighted by Gasteiger charge is -2.49. The van der Waals surface area contributed by atoms with Crippen LogP contribution in [0.25, 0.3) is 0 Å². The van der Waals surface area contributed by atoms with Gasteiger partial charge in [-0.3, -0.25) is 19.3 Å². The number of guanidine groups is 2. The van der Waals surface area contributed by atoms with Crippen molar-refractivity contribution in [1.29, 1.82) is 0 Å². The van der Waals surface area contributed by atoms with Gasteiger partial charge in [-0.2, -0.15) is 0 Å². The number of hydrogen-bond donors (Lipinski definition) is 6. The van der Waals surface area contributed by atoms with Crippen molar-refractivity contribution in [2.75, 3.05) is 13.1 Å². The summed E-state index contributed by atoms with van der Waals surface area (Å²) >= 11 is 0. The Morgan fingerprint density at radius 1 is 1.16 bits per heavy atom. The molecule has 0 aliphatic carbocycles. The normalized spacial score (nSPS) is 29.9. The minimum atomic E-state index is -4.91. The number of nitrogens with two attached hydrogens (primary N) is 2. The Hall–Kier alpha value is -4.12. The van der Waals surface area contributed by atoms with E-state index in [1.54, 1.807) is 0 Å². The second kappa shape index (κ2) is 8.45. The third-order valence-corrected chi connectivity index (χ3v) is 6.98. The van der Waals surface area contributed by atoms with Crippen LogP contribution in [-0.4, -0.2) is 98.7 Å². The van der Waals surface area contributed by atoms with Crippen molar-refractivity contribution < 1.29 is 42.5 Å². The number of carbonyl (C=O) groups excluding carboxylic acids is 3. The number of rotatable bonds is 5. The highest BCUT2D eigenvalue weighted by molar-refractivity contribution is 6.02. The number of nitrogens with zero attached hydrogens (tertiary/aromatic N) is 4. The number of alkyl halides is 3. The average molecular weight is 540 g/mol. The summed E-state index contributed by atoms with van der Waals surface area (Å²) in [5.41, 5.74) is 10.1. The second-order valence-corrected chi connectivity index (χ2v) is 9.24. The lowest BCUT2D eigenvalue weighted by Crippen LogP contribution is -2.78. The predicted molar refractivity (Wildman–Crippen MR) is 121 cm³/mol. The Morgan fingerprint density at radius 2 is 1.79 bits per heavy atom. The number of carbonyl (C=O) groups is 3. The molecule has 204 valence electrons. The number of imide groups is 1. The standard InChI is InChI=1S/C21H23F3N8O6/c22-21(23,24)38-10-3-1-9(2-4-10)16(35)28-12-8-32-18(26)27-11(7-31-13(33)5-6-14(31)34)15-19(32,20(12,36)37)30-17(25)29-15/h1-4,11-12,15,36-37H,5-8H2,(H2,26,27)(H,28,35)(H3,25,29,30)/t11-,12?,15?,19?/m0/s1. The molecule has 4 atom stereocenters. The van der Waals surface area contributed by atoms with Crippen molar-refractivity contribution in [2.45, 2.75) is 48.8 Å². The number of benzene rings is 1. The zero-order valence-corrected chi connectivity index (χ0v) is 19.5. The highest BCUT2D eigenvalue weighted by Gasteiger charge is 2.73. The maximum atomic E-state index is 12.9. The number of ether oxygens (including phenoxy) is 1. The largest absolute Gasteiger partial charge is 0.573 e. The molecule has 0 aromatic heterocycles. The highest BCUT2D eigenvalue weighted by atomic mass is 19.4. The van der Waals surface area contributed by atoms with Crippen molar-refractivity contribution in [3.05, 3.63) is 29.8 Å². The first-order chi connectivity index (χ1) is 17.7. The number of likely N-dealkylation sites (tertiary alicyclic amines) is 1. The monoisotopic (exact) mass is 540 g/mol. The molecule has 2 fully saturated rings. The topological polar surface area (TPSA) is 208 Å². The first-order valence-electron chi connectivity index (χ1n) is 11.4. The van der Waals surface area contributed by atoms with Crippen LogP contribution in [0.1, 0.15) is 23.2 Å². The second-order valence-electron chi connectivity index (χ2n) is 9.24. The van der Waals surface area contributed by atoms with Gasteiger partial charge < -0.3 is 42.0 Å². The molecule has 0 bridgehead atoms. The van der Waals surface area contributed by atoms with Crippen LogP contribution in [0.4, 0.5) is 13.2 Å². The van der Waals surface area contributed by atoms with Gasteiger partial charge in [0.1, 0.15) is 17.8 Å². The maximum Gasteiger partial charge on any atom is 0.573 e. The smallest absolute Gasteiger partial charge is 0.406 e. The van der Waals surface area contributed by atoms with E-state index in [4.69, 9.17) is 11.5 Å². The number of halogens is 3. The Kier molecular flexibility index (Phi) is 5.68. The molecule has 14 nitrogen and oxygen atoms in total. The number of aliphatic hydroxyl groups is 2. The average Bonchev–Trinajstić information content (AvgIpc) is 3.41. The van der Waals surface area contributed by atoms with E-state index in [9.17, 15) is 37.8 Å². The molecule has 4 aliphatic rings. The van der Waals surface area contributed by atoms with Crippen molar-refractivity contribution >= 4 is 29.6 Å². The molecule has 3 amide bonds. The molecule has 8 N–H and O–H groups in total. The molecule has 0 radical (unpaired) electrons. The zero-order valence-electron chi connectivity index (χ0n) is 19.5. The molecule has 1 aromatic carbocycles. The van der Waals surface area contributed by atoms with Crippen molar-refractivity contribution in [3.63, 3.8) is 0 Å². The van der Waals surface area contributed by atoms with Gasteiger partial charge in [0, 0.05) is 24.9 Å². The molecule has 0 saturated carbocycles. The van der Waals surface area contributed by atoms with Gasteiger partial charge in [0.05, 0.1) is 12.6 Å². The Balaban J connectivity index is 1.39. The fourth-order valence-electron chi connectivity index (χ4n) is 5.30. The number of aliphatic imine (C=N–C) groups is 2. The number of hydrogen-bond acceptors (Lipinski definition) is 12. The summed E-state index contributed by atoms with van der Waals surface area (Å²) in [7, 11) is 0. The lowest BCUT2D eigenvalue weighted by molar-refractivity contribution is -0.274. The molecule has 4 heterocycles. The fraction of sp³-hybridized carbons (Fsp3) is 0.476. The summed E-state index contributed by atoms with van der Waals surface area (Å²) in [6.07, 6.45) is -4.83. The summed E-state index contributed by atoms with van der Waals surface area (Å²) in [5, 5.41) is 28.0. The van der Waals surface area contributed by atoms with E-state index in [2.05, 4.69) is 25.4 Å². The first-order valence-corrected chi connectivity index (χ1v) is 11.4. The minimum absolute atomic E-state index is 0.0394. The van der Waals surface area contributed by atoms with E-state index in [1.165, 1.54) is 4.90 Å². The minimum Gasteiger partial charge on any atom is -0.406 e. The molecule has 1 spiro atoms. The van der Waals surface area contributed by atoms with Gasteiger partial charge in [0.25, 0.3) is 5.91 Å². The molecule has 5 rings (SSSR count). The zero-order chi connectivity index (χ0) is 27.6. The first kappa shape index (κ1) is 25.5. The number of nitrogens with one attached hydrogen (secondary N) is 2. The van der Waals surface area contributed by atoms with Gasteiger partial charge >= 0.3 is 6.36 Å². The highest BCUT2D eigenvalue weighted by Crippen LogP contribution is 2.45. The molecule has 38 heavy (non-hydrogen) atoms. The molecule has 17 heteroatoms. The summed E-state index contributed by atoms with van der Waals surface area (Å²) < 4.78 is 41.0. The van der Waals surface area contributed by atoms with E-state index >= 15 is 0 Å². The summed E-state index contributed by atoms with van der Waals surface area (Å²) in [6.45, 7) is -0.500. The van der Waals surface area contributed by atoms with E-state index in [0.29, 0.717) is 0 Å². The van der Waals surface area contributed by atoms with Gasteiger partial charge in [-0.25, -0.2) is 9.98 Å². The quantitative estimate of drug-likeness (QED) is 0.171. The van der Waals surface area contributed by atoms with E-state index < -0.39 is 59.4 Å². The fourth-order valence-corrected chi connectivity index (χ4v) is 5.30. The van der Waals surface area contributed by atoms with Crippen molar-refractivity contribution in [2.24, 2.45) is 21.5 Å². The molecule has 1 aromatic rings. The van der Waals surface area contributed by atoms with Crippen LogP contribution in [0.15, 0.2) is 34.3 Å². The third-order valence-electron chi connectivity index (χ3n) is 6.98. The molecule has 3 unspecified atom stereocenters. The Labute approximate surface area is 212 Å². The van der Waals surface area contributed by atoms with Gasteiger partial charge in [-0.1, -0.05) is 0 Å². The van der Waals surface area contributed by atoms with Crippen LogP contribution >= 0.6 is 0 Å². The molecule has 4 aliphatic heterocycles. The van der Waals surface area contributed by atoms with Crippen molar-refractivity contribution in [1.82, 2.24) is 20.4 Å². The van der Waals surface area contributed by atoms with Gasteiger partial charge in [0.15, 0.2) is 17.6 Å².